The molecule has 0 spiro atoms. The van der Waals surface area contributed by atoms with E-state index in [0.717, 1.165) is 19.4 Å². The Labute approximate surface area is 122 Å². The second kappa shape index (κ2) is 7.11. The quantitative estimate of drug-likeness (QED) is 0.347. The Morgan fingerprint density at radius 3 is 2.62 bits per heavy atom. The van der Waals surface area contributed by atoms with E-state index in [1.54, 1.807) is 12.5 Å². The van der Waals surface area contributed by atoms with Crippen molar-refractivity contribution in [3.8, 4) is 0 Å². The van der Waals surface area contributed by atoms with Crippen molar-refractivity contribution in [2.24, 2.45) is 5.84 Å². The first-order valence-corrected chi connectivity index (χ1v) is 7.84. The number of nitrogens with two attached hydrogens (primary N) is 1. The highest BCUT2D eigenvalue weighted by Crippen LogP contribution is 2.07. The highest BCUT2D eigenvalue weighted by atomic mass is 32.2. The molecular weight excluding hydrogens is 294 g/mol. The first-order valence-electron chi connectivity index (χ1n) is 6.36. The van der Waals surface area contributed by atoms with Crippen LogP contribution in [-0.2, 0) is 16.6 Å². The number of nitrogens with zero attached hydrogens (tertiary/aromatic N) is 4. The fourth-order valence-corrected chi connectivity index (χ4v) is 2.62. The minimum absolute atomic E-state index is 0.0103. The maximum atomic E-state index is 12.0. The monoisotopic (exact) mass is 311 g/mol. The maximum absolute atomic E-state index is 12.0. The predicted molar refractivity (Wildman–Crippen MR) is 76.5 cm³/mol. The third-order valence-electron chi connectivity index (χ3n) is 2.76. The van der Waals surface area contributed by atoms with Gasteiger partial charge in [-0.2, -0.15) is 0 Å². The molecule has 4 N–H and O–H groups in total. The van der Waals surface area contributed by atoms with E-state index < -0.39 is 10.0 Å². The average Bonchev–Trinajstić information content (AvgIpc) is 3.00. The lowest BCUT2D eigenvalue weighted by Crippen LogP contribution is -2.25. The lowest BCUT2D eigenvalue weighted by Gasteiger charge is -2.07. The van der Waals surface area contributed by atoms with Gasteiger partial charge in [-0.25, -0.2) is 33.9 Å². The topological polar surface area (TPSA) is 128 Å². The smallest absolute Gasteiger partial charge is 0.243 e. The number of rotatable bonds is 8. The van der Waals surface area contributed by atoms with Crippen LogP contribution in [0, 0.1) is 0 Å². The Morgan fingerprint density at radius 1 is 1.24 bits per heavy atom. The number of aryl methyl sites for hydroxylation is 1. The summed E-state index contributed by atoms with van der Waals surface area (Å²) in [5.74, 6) is 5.28. The zero-order chi connectivity index (χ0) is 15.1. The number of imidazole rings is 1. The zero-order valence-electron chi connectivity index (χ0n) is 11.3. The van der Waals surface area contributed by atoms with Crippen molar-refractivity contribution < 1.29 is 8.42 Å². The molecule has 2 rings (SSSR count). The Bertz CT molecular complexity index is 640. The summed E-state index contributed by atoms with van der Waals surface area (Å²) in [5, 5.41) is 0. The number of aromatic nitrogens is 4. The molecule has 9 nitrogen and oxygen atoms in total. The SMILES string of the molecule is NNc1ncc(S(=O)(=O)NCCCCn2ccnc2)cn1. The van der Waals surface area contributed by atoms with E-state index in [0.29, 0.717) is 6.54 Å². The minimum atomic E-state index is -3.58. The second-order valence-corrected chi connectivity index (χ2v) is 6.06. The van der Waals surface area contributed by atoms with Crippen molar-refractivity contribution in [1.82, 2.24) is 24.2 Å². The molecule has 0 amide bonds. The molecule has 0 radical (unpaired) electrons. The normalized spacial score (nSPS) is 11.5. The van der Waals surface area contributed by atoms with Crippen LogP contribution in [0.2, 0.25) is 0 Å². The fourth-order valence-electron chi connectivity index (χ4n) is 1.66. The Kier molecular flexibility index (Phi) is 5.20. The summed E-state index contributed by atoms with van der Waals surface area (Å²) in [7, 11) is -3.58. The van der Waals surface area contributed by atoms with Gasteiger partial charge >= 0.3 is 0 Å². The van der Waals surface area contributed by atoms with Crippen LogP contribution in [0.1, 0.15) is 12.8 Å². The van der Waals surface area contributed by atoms with Gasteiger partial charge in [0.25, 0.3) is 0 Å². The molecular formula is C11H17N7O2S. The lowest BCUT2D eigenvalue weighted by atomic mass is 10.3. The molecule has 2 aromatic rings. The van der Waals surface area contributed by atoms with E-state index in [9.17, 15) is 8.42 Å². The molecule has 0 saturated heterocycles. The summed E-state index contributed by atoms with van der Waals surface area (Å²) < 4.78 is 28.4. The summed E-state index contributed by atoms with van der Waals surface area (Å²) in [4.78, 5) is 11.5. The van der Waals surface area contributed by atoms with Gasteiger partial charge in [0, 0.05) is 25.5 Å². The number of anilines is 1. The zero-order valence-corrected chi connectivity index (χ0v) is 12.1. The van der Waals surface area contributed by atoms with Crippen LogP contribution >= 0.6 is 0 Å². The van der Waals surface area contributed by atoms with E-state index in [1.165, 1.54) is 12.4 Å². The summed E-state index contributed by atoms with van der Waals surface area (Å²) in [5.41, 5.74) is 2.23. The van der Waals surface area contributed by atoms with Crippen molar-refractivity contribution in [1.29, 1.82) is 0 Å². The summed E-state index contributed by atoms with van der Waals surface area (Å²) >= 11 is 0. The van der Waals surface area contributed by atoms with Crippen LogP contribution in [0.15, 0.2) is 36.0 Å². The van der Waals surface area contributed by atoms with Crippen LogP contribution in [0.25, 0.3) is 0 Å². The molecule has 2 aromatic heterocycles. The number of unbranched alkanes of at least 4 members (excludes halogenated alkanes) is 1. The van der Waals surface area contributed by atoms with Crippen molar-refractivity contribution in [3.63, 3.8) is 0 Å². The van der Waals surface area contributed by atoms with Gasteiger partial charge in [-0.3, -0.25) is 5.43 Å². The van der Waals surface area contributed by atoms with Gasteiger partial charge in [-0.05, 0) is 12.8 Å². The largest absolute Gasteiger partial charge is 0.337 e. The predicted octanol–water partition coefficient (Wildman–Crippen LogP) is -0.283. The molecule has 0 aromatic carbocycles. The van der Waals surface area contributed by atoms with Crippen LogP contribution in [0.4, 0.5) is 5.95 Å². The number of nitrogens with one attached hydrogen (secondary N) is 2. The maximum Gasteiger partial charge on any atom is 0.243 e. The first-order chi connectivity index (χ1) is 10.1. The number of sulfonamides is 1. The molecule has 2 heterocycles. The van der Waals surface area contributed by atoms with Gasteiger partial charge in [0.05, 0.1) is 18.7 Å². The average molecular weight is 311 g/mol. The molecule has 0 aliphatic carbocycles. The number of hydrazine groups is 1. The van der Waals surface area contributed by atoms with Gasteiger partial charge in [-0.1, -0.05) is 0 Å². The van der Waals surface area contributed by atoms with Gasteiger partial charge < -0.3 is 4.57 Å². The van der Waals surface area contributed by atoms with Crippen LogP contribution < -0.4 is 16.0 Å². The highest BCUT2D eigenvalue weighted by molar-refractivity contribution is 7.89. The van der Waals surface area contributed by atoms with Gasteiger partial charge in [0.1, 0.15) is 4.90 Å². The fraction of sp³-hybridized carbons (Fsp3) is 0.364. The van der Waals surface area contributed by atoms with Gasteiger partial charge in [0.15, 0.2) is 0 Å². The van der Waals surface area contributed by atoms with Crippen molar-refractivity contribution in [2.45, 2.75) is 24.3 Å². The molecule has 21 heavy (non-hydrogen) atoms. The molecule has 114 valence electrons. The Balaban J connectivity index is 1.78. The van der Waals surface area contributed by atoms with E-state index in [1.807, 2.05) is 10.8 Å². The molecule has 0 atom stereocenters. The Hall–Kier alpha value is -2.04. The first kappa shape index (κ1) is 15.4. The molecule has 0 fully saturated rings. The third kappa shape index (κ3) is 4.48. The number of hydrogen-bond acceptors (Lipinski definition) is 7. The number of hydrogen-bond donors (Lipinski definition) is 3. The second-order valence-electron chi connectivity index (χ2n) is 4.29. The summed E-state index contributed by atoms with van der Waals surface area (Å²) in [6.45, 7) is 1.16. The molecule has 0 aliphatic heterocycles. The molecule has 10 heteroatoms. The third-order valence-corrected chi connectivity index (χ3v) is 4.18. The van der Waals surface area contributed by atoms with Crippen LogP contribution in [0.5, 0.6) is 0 Å². The number of nitrogen functional groups attached to an aromatic ring is 1. The standard InChI is InChI=1S/C11H17N7O2S/c12-17-11-14-7-10(8-15-11)21(19,20)16-3-1-2-5-18-6-4-13-9-18/h4,6-9,16H,1-3,5,12H2,(H,14,15,17). The van der Waals surface area contributed by atoms with Crippen LogP contribution in [-0.4, -0.2) is 34.5 Å². The Morgan fingerprint density at radius 2 is 2.00 bits per heavy atom. The summed E-state index contributed by atoms with van der Waals surface area (Å²) in [6, 6.07) is 0. The molecule has 0 aliphatic rings. The van der Waals surface area contributed by atoms with Gasteiger partial charge in [0.2, 0.25) is 16.0 Å². The van der Waals surface area contributed by atoms with E-state index in [4.69, 9.17) is 5.84 Å². The molecule has 0 unspecified atom stereocenters. The van der Waals surface area contributed by atoms with E-state index in [-0.39, 0.29) is 10.8 Å². The lowest BCUT2D eigenvalue weighted by molar-refractivity contribution is 0.565. The van der Waals surface area contributed by atoms with Crippen molar-refractivity contribution in [2.75, 3.05) is 12.0 Å². The van der Waals surface area contributed by atoms with E-state index >= 15 is 0 Å². The highest BCUT2D eigenvalue weighted by Gasteiger charge is 2.14. The van der Waals surface area contributed by atoms with Crippen molar-refractivity contribution >= 4 is 16.0 Å². The van der Waals surface area contributed by atoms with Gasteiger partial charge in [-0.15, -0.1) is 0 Å². The van der Waals surface area contributed by atoms with Crippen molar-refractivity contribution in [3.05, 3.63) is 31.1 Å². The van der Waals surface area contributed by atoms with E-state index in [2.05, 4.69) is 25.1 Å². The van der Waals surface area contributed by atoms with Crippen LogP contribution in [0.3, 0.4) is 0 Å². The summed E-state index contributed by atoms with van der Waals surface area (Å²) in [6.07, 6.45) is 9.30. The minimum Gasteiger partial charge on any atom is -0.337 e. The molecule has 0 saturated carbocycles. The molecule has 0 bridgehead atoms.